The van der Waals surface area contributed by atoms with E-state index in [9.17, 15) is 9.59 Å². The maximum atomic E-state index is 13.5. The molecule has 2 aromatic carbocycles. The van der Waals surface area contributed by atoms with E-state index in [1.54, 1.807) is 37.7 Å². The third kappa shape index (κ3) is 6.70. The molecule has 188 valence electrons. The van der Waals surface area contributed by atoms with E-state index in [4.69, 9.17) is 4.74 Å². The standard InChI is InChI=1S/C29H34N4O3/c1-36-26-12-9-22(10-13-26)19-32-28(34)23-11-14-27-25(18-23)21-30-15-5-3-2-4-6-17-33(27)29(35)24-8-7-16-31-20-24/h7-14,16,18,20,30H,2-6,15,17,19,21H2,1H3,(H,32,34). The SMILES string of the molecule is COc1ccc(CNC(=O)c2ccc3c(c2)CNCCCCCCCN3C(=O)c2cccnc2)cc1. The second-order valence-electron chi connectivity index (χ2n) is 9.02. The highest BCUT2D eigenvalue weighted by Crippen LogP contribution is 2.26. The molecule has 0 spiro atoms. The quantitative estimate of drug-likeness (QED) is 0.545. The van der Waals surface area contributed by atoms with E-state index in [0.717, 1.165) is 54.8 Å². The van der Waals surface area contributed by atoms with Crippen molar-refractivity contribution in [1.82, 2.24) is 15.6 Å². The van der Waals surface area contributed by atoms with Crippen molar-refractivity contribution in [1.29, 1.82) is 0 Å². The highest BCUT2D eigenvalue weighted by atomic mass is 16.5. The van der Waals surface area contributed by atoms with E-state index in [0.29, 0.717) is 30.8 Å². The lowest BCUT2D eigenvalue weighted by Crippen LogP contribution is -2.34. The van der Waals surface area contributed by atoms with Crippen molar-refractivity contribution in [3.8, 4) is 5.75 Å². The van der Waals surface area contributed by atoms with Crippen molar-refractivity contribution in [3.63, 3.8) is 0 Å². The van der Waals surface area contributed by atoms with Crippen molar-refractivity contribution >= 4 is 17.5 Å². The number of aromatic nitrogens is 1. The van der Waals surface area contributed by atoms with Crippen LogP contribution in [0.2, 0.25) is 0 Å². The average molecular weight is 487 g/mol. The van der Waals surface area contributed by atoms with Crippen molar-refractivity contribution in [2.75, 3.05) is 25.1 Å². The summed E-state index contributed by atoms with van der Waals surface area (Å²) in [6.07, 6.45) is 8.75. The Morgan fingerprint density at radius 3 is 2.58 bits per heavy atom. The molecule has 7 nitrogen and oxygen atoms in total. The number of methoxy groups -OCH3 is 1. The van der Waals surface area contributed by atoms with Crippen molar-refractivity contribution in [3.05, 3.63) is 89.2 Å². The van der Waals surface area contributed by atoms with Gasteiger partial charge in [-0.05, 0) is 73.0 Å². The summed E-state index contributed by atoms with van der Waals surface area (Å²) in [6, 6.07) is 16.8. The van der Waals surface area contributed by atoms with Crippen LogP contribution in [0.4, 0.5) is 5.69 Å². The Bertz CT molecular complexity index is 1150. The van der Waals surface area contributed by atoms with Crippen molar-refractivity contribution in [2.24, 2.45) is 0 Å². The molecule has 2 amide bonds. The van der Waals surface area contributed by atoms with Crippen LogP contribution in [0.3, 0.4) is 0 Å². The normalized spacial score (nSPS) is 14.6. The first kappa shape index (κ1) is 25.4. The molecule has 7 heteroatoms. The van der Waals surface area contributed by atoms with E-state index in [-0.39, 0.29) is 11.8 Å². The first-order valence-electron chi connectivity index (χ1n) is 12.6. The second-order valence-corrected chi connectivity index (χ2v) is 9.02. The number of fused-ring (bicyclic) bond motifs is 1. The molecule has 0 radical (unpaired) electrons. The topological polar surface area (TPSA) is 83.6 Å². The Labute approximate surface area is 212 Å². The molecule has 0 atom stereocenters. The Morgan fingerprint density at radius 1 is 1.00 bits per heavy atom. The van der Waals surface area contributed by atoms with Gasteiger partial charge in [-0.2, -0.15) is 0 Å². The first-order valence-corrected chi connectivity index (χ1v) is 12.6. The average Bonchev–Trinajstić information content (AvgIpc) is 2.92. The maximum absolute atomic E-state index is 13.5. The van der Waals surface area contributed by atoms with E-state index < -0.39 is 0 Å². The summed E-state index contributed by atoms with van der Waals surface area (Å²) >= 11 is 0. The van der Waals surface area contributed by atoms with Crippen LogP contribution in [-0.2, 0) is 13.1 Å². The van der Waals surface area contributed by atoms with E-state index in [2.05, 4.69) is 15.6 Å². The van der Waals surface area contributed by atoms with E-state index >= 15 is 0 Å². The summed E-state index contributed by atoms with van der Waals surface area (Å²) < 4.78 is 5.20. The summed E-state index contributed by atoms with van der Waals surface area (Å²) in [5.74, 6) is 0.561. The summed E-state index contributed by atoms with van der Waals surface area (Å²) in [7, 11) is 1.63. The summed E-state index contributed by atoms with van der Waals surface area (Å²) in [5.41, 5.74) is 3.90. The number of anilines is 1. The minimum absolute atomic E-state index is 0.0712. The van der Waals surface area contributed by atoms with Gasteiger partial charge in [-0.25, -0.2) is 0 Å². The number of hydrogen-bond acceptors (Lipinski definition) is 5. The zero-order valence-corrected chi connectivity index (χ0v) is 20.8. The summed E-state index contributed by atoms with van der Waals surface area (Å²) in [5, 5.41) is 6.50. The maximum Gasteiger partial charge on any atom is 0.259 e. The Morgan fingerprint density at radius 2 is 1.81 bits per heavy atom. The number of benzene rings is 2. The molecule has 0 bridgehead atoms. The van der Waals surface area contributed by atoms with Crippen LogP contribution in [0.5, 0.6) is 5.75 Å². The number of carbonyl (C=O) groups excluding carboxylic acids is 2. The third-order valence-electron chi connectivity index (χ3n) is 6.45. The fraction of sp³-hybridized carbons (Fsp3) is 0.345. The van der Waals surface area contributed by atoms with E-state index in [1.165, 1.54) is 6.42 Å². The van der Waals surface area contributed by atoms with Crippen LogP contribution < -0.4 is 20.3 Å². The monoisotopic (exact) mass is 486 g/mol. The van der Waals surface area contributed by atoms with Gasteiger partial charge in [-0.1, -0.05) is 31.4 Å². The van der Waals surface area contributed by atoms with Crippen molar-refractivity contribution < 1.29 is 14.3 Å². The van der Waals surface area contributed by atoms with Crippen LogP contribution in [-0.4, -0.2) is 37.0 Å². The zero-order chi connectivity index (χ0) is 25.2. The molecule has 0 fully saturated rings. The Balaban J connectivity index is 1.57. The molecular formula is C29H34N4O3. The molecule has 3 aromatic rings. The lowest BCUT2D eigenvalue weighted by molar-refractivity contribution is 0.0949. The smallest absolute Gasteiger partial charge is 0.259 e. The van der Waals surface area contributed by atoms with Gasteiger partial charge in [0.25, 0.3) is 11.8 Å². The number of nitrogens with zero attached hydrogens (tertiary/aromatic N) is 2. The number of amides is 2. The van der Waals surface area contributed by atoms with Crippen LogP contribution in [0.15, 0.2) is 67.0 Å². The molecule has 1 aliphatic heterocycles. The number of hydrogen-bond donors (Lipinski definition) is 2. The van der Waals surface area contributed by atoms with Crippen LogP contribution >= 0.6 is 0 Å². The lowest BCUT2D eigenvalue weighted by Gasteiger charge is -2.26. The van der Waals surface area contributed by atoms with E-state index in [1.807, 2.05) is 41.3 Å². The summed E-state index contributed by atoms with van der Waals surface area (Å²) in [6.45, 7) is 2.54. The van der Waals surface area contributed by atoms with Gasteiger partial charge in [0.2, 0.25) is 0 Å². The summed E-state index contributed by atoms with van der Waals surface area (Å²) in [4.78, 5) is 32.5. The third-order valence-corrected chi connectivity index (χ3v) is 6.45. The number of rotatable bonds is 5. The highest BCUT2D eigenvalue weighted by Gasteiger charge is 2.22. The molecule has 0 unspecified atom stereocenters. The van der Waals surface area contributed by atoms with Crippen LogP contribution in [0, 0.1) is 0 Å². The van der Waals surface area contributed by atoms with Crippen molar-refractivity contribution in [2.45, 2.75) is 45.2 Å². The van der Waals surface area contributed by atoms with Gasteiger partial charge >= 0.3 is 0 Å². The second kappa shape index (κ2) is 12.8. The predicted molar refractivity (Wildman–Crippen MR) is 141 cm³/mol. The number of pyridine rings is 1. The zero-order valence-electron chi connectivity index (χ0n) is 20.8. The Kier molecular flexibility index (Phi) is 9.05. The lowest BCUT2D eigenvalue weighted by atomic mass is 10.0. The molecular weight excluding hydrogens is 452 g/mol. The van der Waals surface area contributed by atoms with Crippen LogP contribution in [0.1, 0.15) is 63.9 Å². The van der Waals surface area contributed by atoms with Gasteiger partial charge in [0, 0.05) is 43.3 Å². The molecule has 2 heterocycles. The highest BCUT2D eigenvalue weighted by molar-refractivity contribution is 6.06. The fourth-order valence-corrected chi connectivity index (χ4v) is 4.41. The van der Waals surface area contributed by atoms with Gasteiger partial charge in [-0.15, -0.1) is 0 Å². The van der Waals surface area contributed by atoms with Crippen LogP contribution in [0.25, 0.3) is 0 Å². The molecule has 2 N–H and O–H groups in total. The minimum atomic E-state index is -0.148. The molecule has 4 rings (SSSR count). The Hall–Kier alpha value is -3.71. The molecule has 36 heavy (non-hydrogen) atoms. The first-order chi connectivity index (χ1) is 17.7. The van der Waals surface area contributed by atoms with Gasteiger partial charge in [-0.3, -0.25) is 14.6 Å². The number of ether oxygens (including phenoxy) is 1. The number of carbonyl (C=O) groups is 2. The van der Waals surface area contributed by atoms with Gasteiger partial charge in [0.05, 0.1) is 12.7 Å². The molecule has 0 saturated heterocycles. The molecule has 0 aliphatic carbocycles. The molecule has 0 saturated carbocycles. The molecule has 1 aromatic heterocycles. The largest absolute Gasteiger partial charge is 0.497 e. The fourth-order valence-electron chi connectivity index (χ4n) is 4.41. The van der Waals surface area contributed by atoms with Gasteiger partial charge in [0.15, 0.2) is 0 Å². The minimum Gasteiger partial charge on any atom is -0.497 e. The number of nitrogens with one attached hydrogen (secondary N) is 2. The van der Waals surface area contributed by atoms with Gasteiger partial charge < -0.3 is 20.3 Å². The van der Waals surface area contributed by atoms with Gasteiger partial charge in [0.1, 0.15) is 5.75 Å². The molecule has 1 aliphatic rings. The predicted octanol–water partition coefficient (Wildman–Crippen LogP) is 4.72.